The molecule has 0 aromatic heterocycles. The Morgan fingerprint density at radius 1 is 1.11 bits per heavy atom. The maximum atomic E-state index is 13.2. The lowest BCUT2D eigenvalue weighted by Crippen LogP contribution is -2.42. The van der Waals surface area contributed by atoms with Gasteiger partial charge in [0.2, 0.25) is 0 Å². The van der Waals surface area contributed by atoms with Crippen LogP contribution in [0.4, 0.5) is 13.2 Å². The van der Waals surface area contributed by atoms with E-state index in [9.17, 15) is 18.3 Å². The normalized spacial score (nSPS) is 19.4. The third-order valence-electron chi connectivity index (χ3n) is 3.34. The molecule has 1 atom stereocenters. The average molecular weight is 256 g/mol. The molecule has 1 nitrogen and oxygen atoms in total. The van der Waals surface area contributed by atoms with E-state index in [0.717, 1.165) is 12.8 Å². The molecule has 0 spiro atoms. The Kier molecular flexibility index (Phi) is 3.48. The van der Waals surface area contributed by atoms with E-state index in [0.29, 0.717) is 12.0 Å². The topological polar surface area (TPSA) is 20.2 Å². The molecule has 0 aliphatic heterocycles. The Morgan fingerprint density at radius 3 is 2.28 bits per heavy atom. The molecular formula is C14H15F3O. The quantitative estimate of drug-likeness (QED) is 0.812. The lowest BCUT2D eigenvalue weighted by Gasteiger charge is -2.31. The van der Waals surface area contributed by atoms with Gasteiger partial charge < -0.3 is 5.11 Å². The first-order valence-electron chi connectivity index (χ1n) is 5.96. The highest BCUT2D eigenvalue weighted by atomic mass is 19.4. The molecule has 0 amide bonds. The van der Waals surface area contributed by atoms with Gasteiger partial charge in [0.15, 0.2) is 5.60 Å². The molecular weight excluding hydrogens is 241 g/mol. The zero-order chi connectivity index (χ0) is 13.2. The van der Waals surface area contributed by atoms with Crippen LogP contribution in [0.1, 0.15) is 31.2 Å². The van der Waals surface area contributed by atoms with Crippen molar-refractivity contribution < 1.29 is 18.3 Å². The number of rotatable bonds is 3. The second kappa shape index (κ2) is 4.76. The second-order valence-electron chi connectivity index (χ2n) is 4.66. The molecule has 1 aromatic carbocycles. The molecule has 1 unspecified atom stereocenters. The van der Waals surface area contributed by atoms with Crippen molar-refractivity contribution in [3.8, 4) is 0 Å². The second-order valence-corrected chi connectivity index (χ2v) is 4.66. The Labute approximate surface area is 104 Å². The van der Waals surface area contributed by atoms with Gasteiger partial charge in [-0.1, -0.05) is 42.0 Å². The van der Waals surface area contributed by atoms with Crippen molar-refractivity contribution in [2.45, 2.75) is 37.5 Å². The molecule has 18 heavy (non-hydrogen) atoms. The van der Waals surface area contributed by atoms with Gasteiger partial charge in [-0.25, -0.2) is 0 Å². The van der Waals surface area contributed by atoms with Gasteiger partial charge in [0.25, 0.3) is 0 Å². The number of alkyl halides is 3. The SMILES string of the molecule is OC(CC1=CCCC1)(c1ccccc1)C(F)(F)F. The number of allylic oxidation sites excluding steroid dienone is 1. The van der Waals surface area contributed by atoms with Crippen LogP contribution in [-0.4, -0.2) is 11.3 Å². The van der Waals surface area contributed by atoms with Crippen molar-refractivity contribution in [3.05, 3.63) is 47.5 Å². The summed E-state index contributed by atoms with van der Waals surface area (Å²) >= 11 is 0. The summed E-state index contributed by atoms with van der Waals surface area (Å²) in [6.45, 7) is 0. The third kappa shape index (κ3) is 2.43. The smallest absolute Gasteiger partial charge is 0.376 e. The number of hydrogen-bond acceptors (Lipinski definition) is 1. The van der Waals surface area contributed by atoms with Crippen LogP contribution in [0.25, 0.3) is 0 Å². The van der Waals surface area contributed by atoms with Crippen molar-refractivity contribution in [2.24, 2.45) is 0 Å². The Morgan fingerprint density at radius 2 is 1.78 bits per heavy atom. The average Bonchev–Trinajstić information content (AvgIpc) is 2.81. The van der Waals surface area contributed by atoms with Crippen LogP contribution in [0.15, 0.2) is 42.0 Å². The molecule has 4 heteroatoms. The molecule has 1 aliphatic carbocycles. The minimum absolute atomic E-state index is 0.0923. The van der Waals surface area contributed by atoms with Crippen LogP contribution >= 0.6 is 0 Å². The molecule has 1 aliphatic rings. The summed E-state index contributed by atoms with van der Waals surface area (Å²) in [7, 11) is 0. The first kappa shape index (κ1) is 13.1. The van der Waals surface area contributed by atoms with E-state index in [4.69, 9.17) is 0 Å². The van der Waals surface area contributed by atoms with E-state index in [1.165, 1.54) is 24.3 Å². The largest absolute Gasteiger partial charge is 0.421 e. The lowest BCUT2D eigenvalue weighted by atomic mass is 9.86. The minimum Gasteiger partial charge on any atom is -0.376 e. The van der Waals surface area contributed by atoms with Gasteiger partial charge in [-0.05, 0) is 24.8 Å². The van der Waals surface area contributed by atoms with Crippen molar-refractivity contribution in [1.82, 2.24) is 0 Å². The molecule has 0 saturated carbocycles. The van der Waals surface area contributed by atoms with Crippen LogP contribution in [0.3, 0.4) is 0 Å². The number of benzene rings is 1. The van der Waals surface area contributed by atoms with Crippen molar-refractivity contribution in [2.75, 3.05) is 0 Å². The summed E-state index contributed by atoms with van der Waals surface area (Å²) < 4.78 is 39.5. The first-order chi connectivity index (χ1) is 8.43. The van der Waals surface area contributed by atoms with E-state index in [2.05, 4.69) is 0 Å². The van der Waals surface area contributed by atoms with Crippen molar-refractivity contribution in [1.29, 1.82) is 0 Å². The van der Waals surface area contributed by atoms with Crippen LogP contribution in [0.2, 0.25) is 0 Å². The standard InChI is InChI=1S/C14H15F3O/c15-14(16,17)13(18,10-11-6-4-5-7-11)12-8-2-1-3-9-12/h1-3,6,8-9,18H,4-5,7,10H2. The van der Waals surface area contributed by atoms with Gasteiger partial charge in [-0.3, -0.25) is 0 Å². The van der Waals surface area contributed by atoms with Gasteiger partial charge in [0.05, 0.1) is 0 Å². The van der Waals surface area contributed by atoms with Gasteiger partial charge in [-0.15, -0.1) is 0 Å². The van der Waals surface area contributed by atoms with Gasteiger partial charge in [0.1, 0.15) is 0 Å². The van der Waals surface area contributed by atoms with E-state index in [1.54, 1.807) is 12.1 Å². The van der Waals surface area contributed by atoms with Crippen LogP contribution in [-0.2, 0) is 5.60 Å². The Bertz CT molecular complexity index is 436. The van der Waals surface area contributed by atoms with Gasteiger partial charge in [0, 0.05) is 6.42 Å². The van der Waals surface area contributed by atoms with Crippen molar-refractivity contribution >= 4 is 0 Å². The fraction of sp³-hybridized carbons (Fsp3) is 0.429. The Hall–Kier alpha value is -1.29. The fourth-order valence-corrected chi connectivity index (χ4v) is 2.31. The predicted molar refractivity (Wildman–Crippen MR) is 62.9 cm³/mol. The number of hydrogen-bond donors (Lipinski definition) is 1. The van der Waals surface area contributed by atoms with Crippen LogP contribution in [0.5, 0.6) is 0 Å². The third-order valence-corrected chi connectivity index (χ3v) is 3.34. The molecule has 1 aromatic rings. The van der Waals surface area contributed by atoms with Crippen LogP contribution in [0, 0.1) is 0 Å². The zero-order valence-corrected chi connectivity index (χ0v) is 9.87. The number of aliphatic hydroxyl groups is 1. The summed E-state index contributed by atoms with van der Waals surface area (Å²) in [5, 5.41) is 10.1. The molecule has 0 fully saturated rings. The summed E-state index contributed by atoms with van der Waals surface area (Å²) in [6.07, 6.45) is -0.903. The van der Waals surface area contributed by atoms with E-state index in [1.807, 2.05) is 0 Å². The summed E-state index contributed by atoms with van der Waals surface area (Å²) in [6, 6.07) is 7.30. The monoisotopic (exact) mass is 256 g/mol. The maximum Gasteiger partial charge on any atom is 0.421 e. The molecule has 0 heterocycles. The molecule has 98 valence electrons. The van der Waals surface area contributed by atoms with E-state index in [-0.39, 0.29) is 12.0 Å². The highest BCUT2D eigenvalue weighted by Gasteiger charge is 2.54. The first-order valence-corrected chi connectivity index (χ1v) is 5.96. The Balaban J connectivity index is 2.35. The van der Waals surface area contributed by atoms with Crippen LogP contribution < -0.4 is 0 Å². The zero-order valence-electron chi connectivity index (χ0n) is 9.87. The van der Waals surface area contributed by atoms with Gasteiger partial charge in [-0.2, -0.15) is 13.2 Å². The fourth-order valence-electron chi connectivity index (χ4n) is 2.31. The van der Waals surface area contributed by atoms with Gasteiger partial charge >= 0.3 is 6.18 Å². The van der Waals surface area contributed by atoms with E-state index < -0.39 is 11.8 Å². The summed E-state index contributed by atoms with van der Waals surface area (Å²) in [5.74, 6) is 0. The maximum absolute atomic E-state index is 13.2. The molecule has 2 rings (SSSR count). The molecule has 0 bridgehead atoms. The summed E-state index contributed by atoms with van der Waals surface area (Å²) in [4.78, 5) is 0. The lowest BCUT2D eigenvalue weighted by molar-refractivity contribution is -0.266. The number of halogens is 3. The molecule has 0 radical (unpaired) electrons. The highest BCUT2D eigenvalue weighted by Crippen LogP contribution is 2.44. The summed E-state index contributed by atoms with van der Waals surface area (Å²) in [5.41, 5.74) is -2.17. The highest BCUT2D eigenvalue weighted by molar-refractivity contribution is 5.27. The molecule has 0 saturated heterocycles. The predicted octanol–water partition coefficient (Wildman–Crippen LogP) is 3.94. The minimum atomic E-state index is -4.67. The van der Waals surface area contributed by atoms with E-state index >= 15 is 0 Å². The molecule has 1 N–H and O–H groups in total. The van der Waals surface area contributed by atoms with Crippen molar-refractivity contribution in [3.63, 3.8) is 0 Å².